The fourth-order valence-corrected chi connectivity index (χ4v) is 3.44. The standard InChI is InChI=1S/C19H22N4O/c1-13-6-8-22(9-7-13)19-20-11-16-17(21-19)12-23(18(16)24)15-5-3-4-14(2)10-15/h3-5,10-11,13H,6-9,12H2,1-2H3. The Hall–Kier alpha value is -2.43. The van der Waals surface area contributed by atoms with Gasteiger partial charge in [0.15, 0.2) is 0 Å². The van der Waals surface area contributed by atoms with Gasteiger partial charge in [0.25, 0.3) is 5.91 Å². The van der Waals surface area contributed by atoms with E-state index in [1.54, 1.807) is 11.1 Å². The molecule has 2 aliphatic heterocycles. The SMILES string of the molecule is Cc1cccc(N2Cc3nc(N4CCC(C)CC4)ncc3C2=O)c1. The molecule has 1 aromatic carbocycles. The van der Waals surface area contributed by atoms with Crippen molar-refractivity contribution in [3.05, 3.63) is 47.3 Å². The number of aryl methyl sites for hydroxylation is 1. The van der Waals surface area contributed by atoms with E-state index in [4.69, 9.17) is 4.98 Å². The Bertz CT molecular complexity index is 781. The van der Waals surface area contributed by atoms with Crippen LogP contribution in [0.25, 0.3) is 0 Å². The molecule has 1 amide bonds. The van der Waals surface area contributed by atoms with Gasteiger partial charge in [-0.1, -0.05) is 19.1 Å². The van der Waals surface area contributed by atoms with Gasteiger partial charge in [-0.3, -0.25) is 4.79 Å². The van der Waals surface area contributed by atoms with E-state index in [1.165, 1.54) is 12.8 Å². The van der Waals surface area contributed by atoms with Crippen molar-refractivity contribution in [1.29, 1.82) is 0 Å². The van der Waals surface area contributed by atoms with Gasteiger partial charge in [0.05, 0.1) is 17.8 Å². The highest BCUT2D eigenvalue weighted by Crippen LogP contribution is 2.29. The molecule has 0 unspecified atom stereocenters. The van der Waals surface area contributed by atoms with Crippen molar-refractivity contribution in [2.45, 2.75) is 33.2 Å². The summed E-state index contributed by atoms with van der Waals surface area (Å²) in [7, 11) is 0. The Morgan fingerprint density at radius 1 is 1.21 bits per heavy atom. The van der Waals surface area contributed by atoms with Crippen molar-refractivity contribution >= 4 is 17.5 Å². The molecule has 0 N–H and O–H groups in total. The second kappa shape index (κ2) is 5.89. The summed E-state index contributed by atoms with van der Waals surface area (Å²) in [5, 5.41) is 0. The predicted molar refractivity (Wildman–Crippen MR) is 94.3 cm³/mol. The van der Waals surface area contributed by atoms with Crippen molar-refractivity contribution < 1.29 is 4.79 Å². The minimum atomic E-state index is -0.00517. The molecule has 0 radical (unpaired) electrons. The van der Waals surface area contributed by atoms with E-state index in [0.717, 1.165) is 41.9 Å². The Morgan fingerprint density at radius 3 is 2.75 bits per heavy atom. The Morgan fingerprint density at radius 2 is 2.00 bits per heavy atom. The molecule has 0 atom stereocenters. The van der Waals surface area contributed by atoms with Crippen molar-refractivity contribution in [2.24, 2.45) is 5.92 Å². The second-order valence-corrected chi connectivity index (χ2v) is 6.93. The van der Waals surface area contributed by atoms with Gasteiger partial charge >= 0.3 is 0 Å². The van der Waals surface area contributed by atoms with E-state index >= 15 is 0 Å². The maximum absolute atomic E-state index is 12.7. The highest BCUT2D eigenvalue weighted by Gasteiger charge is 2.31. The van der Waals surface area contributed by atoms with Gasteiger partial charge < -0.3 is 9.80 Å². The topological polar surface area (TPSA) is 49.3 Å². The van der Waals surface area contributed by atoms with Crippen LogP contribution < -0.4 is 9.80 Å². The Labute approximate surface area is 142 Å². The summed E-state index contributed by atoms with van der Waals surface area (Å²) >= 11 is 0. The van der Waals surface area contributed by atoms with Crippen LogP contribution in [0.2, 0.25) is 0 Å². The minimum absolute atomic E-state index is 0.00517. The zero-order valence-corrected chi connectivity index (χ0v) is 14.2. The number of rotatable bonds is 2. The summed E-state index contributed by atoms with van der Waals surface area (Å²) in [4.78, 5) is 25.9. The van der Waals surface area contributed by atoms with Crippen LogP contribution in [0, 0.1) is 12.8 Å². The fraction of sp³-hybridized carbons (Fsp3) is 0.421. The molecule has 1 saturated heterocycles. The summed E-state index contributed by atoms with van der Waals surface area (Å²) in [6, 6.07) is 8.01. The fourth-order valence-electron chi connectivity index (χ4n) is 3.44. The largest absolute Gasteiger partial charge is 0.341 e. The number of fused-ring (bicyclic) bond motifs is 1. The first-order chi connectivity index (χ1) is 11.6. The number of hydrogen-bond donors (Lipinski definition) is 0. The number of hydrogen-bond acceptors (Lipinski definition) is 4. The molecule has 0 aliphatic carbocycles. The summed E-state index contributed by atoms with van der Waals surface area (Å²) in [6.45, 7) is 6.84. The smallest absolute Gasteiger partial charge is 0.262 e. The third-order valence-corrected chi connectivity index (χ3v) is 5.02. The Balaban J connectivity index is 1.59. The molecular formula is C19H22N4O. The number of nitrogens with zero attached hydrogens (tertiary/aromatic N) is 4. The first kappa shape index (κ1) is 15.1. The third-order valence-electron chi connectivity index (χ3n) is 5.02. The number of carbonyl (C=O) groups excluding carboxylic acids is 1. The molecule has 3 heterocycles. The lowest BCUT2D eigenvalue weighted by Gasteiger charge is -2.30. The molecule has 124 valence electrons. The third kappa shape index (κ3) is 2.64. The first-order valence-corrected chi connectivity index (χ1v) is 8.61. The lowest BCUT2D eigenvalue weighted by atomic mass is 10.00. The Kier molecular flexibility index (Phi) is 3.71. The van der Waals surface area contributed by atoms with Crippen molar-refractivity contribution in [2.75, 3.05) is 22.9 Å². The van der Waals surface area contributed by atoms with Gasteiger partial charge in [0, 0.05) is 25.0 Å². The van der Waals surface area contributed by atoms with E-state index in [2.05, 4.69) is 16.8 Å². The molecule has 5 nitrogen and oxygen atoms in total. The van der Waals surface area contributed by atoms with E-state index in [0.29, 0.717) is 12.1 Å². The van der Waals surface area contributed by atoms with E-state index in [-0.39, 0.29) is 5.91 Å². The highest BCUT2D eigenvalue weighted by molar-refractivity contribution is 6.09. The monoisotopic (exact) mass is 322 g/mol. The number of aromatic nitrogens is 2. The van der Waals surface area contributed by atoms with E-state index < -0.39 is 0 Å². The average molecular weight is 322 g/mol. The van der Waals surface area contributed by atoms with Crippen LogP contribution in [-0.4, -0.2) is 29.0 Å². The summed E-state index contributed by atoms with van der Waals surface area (Å²) in [5.41, 5.74) is 3.53. The van der Waals surface area contributed by atoms with Gasteiger partial charge in [0.2, 0.25) is 5.95 Å². The molecule has 5 heteroatoms. The summed E-state index contributed by atoms with van der Waals surface area (Å²) in [5.74, 6) is 1.53. The van der Waals surface area contributed by atoms with Gasteiger partial charge in [-0.05, 0) is 43.4 Å². The predicted octanol–water partition coefficient (Wildman–Crippen LogP) is 3.18. The molecule has 24 heavy (non-hydrogen) atoms. The van der Waals surface area contributed by atoms with Crippen LogP contribution >= 0.6 is 0 Å². The van der Waals surface area contributed by atoms with Crippen LogP contribution in [0.5, 0.6) is 0 Å². The molecule has 1 aromatic heterocycles. The molecule has 0 bridgehead atoms. The lowest BCUT2D eigenvalue weighted by Crippen LogP contribution is -2.34. The molecule has 1 fully saturated rings. The molecule has 0 saturated carbocycles. The van der Waals surface area contributed by atoms with Gasteiger partial charge in [-0.2, -0.15) is 0 Å². The van der Waals surface area contributed by atoms with Gasteiger partial charge in [0.1, 0.15) is 0 Å². The maximum atomic E-state index is 12.7. The average Bonchev–Trinajstić information content (AvgIpc) is 2.92. The molecular weight excluding hydrogens is 300 g/mol. The van der Waals surface area contributed by atoms with Crippen LogP contribution in [0.1, 0.15) is 41.4 Å². The van der Waals surface area contributed by atoms with Gasteiger partial charge in [-0.25, -0.2) is 9.97 Å². The molecule has 0 spiro atoms. The number of carbonyl (C=O) groups is 1. The normalized spacial score (nSPS) is 18.2. The van der Waals surface area contributed by atoms with Crippen molar-refractivity contribution in [3.8, 4) is 0 Å². The summed E-state index contributed by atoms with van der Waals surface area (Å²) < 4.78 is 0. The number of benzene rings is 1. The number of piperidine rings is 1. The zero-order chi connectivity index (χ0) is 16.7. The van der Waals surface area contributed by atoms with Gasteiger partial charge in [-0.15, -0.1) is 0 Å². The quantitative estimate of drug-likeness (QED) is 0.852. The molecule has 4 rings (SSSR count). The zero-order valence-electron chi connectivity index (χ0n) is 14.2. The molecule has 2 aliphatic rings. The maximum Gasteiger partial charge on any atom is 0.262 e. The van der Waals surface area contributed by atoms with Crippen LogP contribution in [0.4, 0.5) is 11.6 Å². The second-order valence-electron chi connectivity index (χ2n) is 6.93. The van der Waals surface area contributed by atoms with Crippen LogP contribution in [-0.2, 0) is 6.54 Å². The van der Waals surface area contributed by atoms with Crippen LogP contribution in [0.15, 0.2) is 30.5 Å². The lowest BCUT2D eigenvalue weighted by molar-refractivity contribution is 0.0996. The minimum Gasteiger partial charge on any atom is -0.341 e. The number of amides is 1. The first-order valence-electron chi connectivity index (χ1n) is 8.61. The molecule has 2 aromatic rings. The van der Waals surface area contributed by atoms with E-state index in [9.17, 15) is 4.79 Å². The van der Waals surface area contributed by atoms with Crippen molar-refractivity contribution in [3.63, 3.8) is 0 Å². The van der Waals surface area contributed by atoms with E-state index in [1.807, 2.05) is 31.2 Å². The highest BCUT2D eigenvalue weighted by atomic mass is 16.2. The number of anilines is 2. The summed E-state index contributed by atoms with van der Waals surface area (Å²) in [6.07, 6.45) is 4.05. The van der Waals surface area contributed by atoms with Crippen LogP contribution in [0.3, 0.4) is 0 Å². The van der Waals surface area contributed by atoms with Crippen molar-refractivity contribution in [1.82, 2.24) is 9.97 Å².